The second kappa shape index (κ2) is 10.4. The fourth-order valence-electron chi connectivity index (χ4n) is 4.13. The Morgan fingerprint density at radius 1 is 0.793 bits per heavy atom. The zero-order valence-electron chi connectivity index (χ0n) is 20.1. The van der Waals surface area contributed by atoms with Crippen LogP contribution in [0.1, 0.15) is 110 Å². The molecule has 0 bridgehead atoms. The average molecular weight is 394 g/mol. The van der Waals surface area contributed by atoms with Crippen molar-refractivity contribution in [3.8, 4) is 11.3 Å². The number of aryl methyl sites for hydroxylation is 1. The van der Waals surface area contributed by atoms with Gasteiger partial charge in [-0.3, -0.25) is 4.98 Å². The Bertz CT molecular complexity index is 750. The summed E-state index contributed by atoms with van der Waals surface area (Å²) < 4.78 is 0. The van der Waals surface area contributed by atoms with Gasteiger partial charge in [-0.25, -0.2) is 0 Å². The van der Waals surface area contributed by atoms with Crippen LogP contribution in [0.15, 0.2) is 36.5 Å². The maximum atomic E-state index is 4.87. The second-order valence-corrected chi connectivity index (χ2v) is 9.62. The Kier molecular flexibility index (Phi) is 8.49. The van der Waals surface area contributed by atoms with Crippen LogP contribution in [0, 0.1) is 0 Å². The van der Waals surface area contributed by atoms with Crippen LogP contribution in [-0.4, -0.2) is 4.98 Å². The largest absolute Gasteiger partial charge is 0.256 e. The fourth-order valence-corrected chi connectivity index (χ4v) is 4.13. The predicted octanol–water partition coefficient (Wildman–Crippen LogP) is 8.64. The molecule has 0 saturated heterocycles. The lowest BCUT2D eigenvalue weighted by Gasteiger charge is -2.28. The summed E-state index contributed by atoms with van der Waals surface area (Å²) in [4.78, 5) is 4.87. The van der Waals surface area contributed by atoms with Gasteiger partial charge in [-0.05, 0) is 71.8 Å². The van der Waals surface area contributed by atoms with Crippen LogP contribution in [0.5, 0.6) is 0 Å². The molecule has 1 nitrogen and oxygen atoms in total. The highest BCUT2D eigenvalue weighted by atomic mass is 14.7. The molecule has 0 unspecified atom stereocenters. The Balaban J connectivity index is 2.35. The highest BCUT2D eigenvalue weighted by Gasteiger charge is 2.24. The first-order valence-electron chi connectivity index (χ1n) is 11.9. The quantitative estimate of drug-likeness (QED) is 0.348. The molecule has 1 aromatic carbocycles. The van der Waals surface area contributed by atoms with Crippen LogP contribution in [0.2, 0.25) is 0 Å². The molecule has 0 aliphatic carbocycles. The van der Waals surface area contributed by atoms with E-state index in [-0.39, 0.29) is 10.8 Å². The van der Waals surface area contributed by atoms with Crippen molar-refractivity contribution >= 4 is 0 Å². The van der Waals surface area contributed by atoms with E-state index in [2.05, 4.69) is 85.0 Å². The summed E-state index contributed by atoms with van der Waals surface area (Å²) in [5, 5.41) is 0. The second-order valence-electron chi connectivity index (χ2n) is 9.62. The highest BCUT2D eigenvalue weighted by Crippen LogP contribution is 2.34. The Labute approximate surface area is 180 Å². The van der Waals surface area contributed by atoms with E-state index in [1.165, 1.54) is 54.4 Å². The van der Waals surface area contributed by atoms with E-state index in [0.29, 0.717) is 0 Å². The number of nitrogens with zero attached hydrogens (tertiary/aromatic N) is 1. The molecule has 0 aliphatic rings. The SMILES string of the molecule is CCCCCCc1cc(-c2ccc(C(C)(CC)CC)cn2)ccc1C(C)(C)CC. The van der Waals surface area contributed by atoms with Gasteiger partial charge in [0.25, 0.3) is 0 Å². The normalized spacial score (nSPS) is 12.4. The zero-order valence-corrected chi connectivity index (χ0v) is 20.1. The van der Waals surface area contributed by atoms with Crippen molar-refractivity contribution in [2.45, 2.75) is 111 Å². The molecule has 1 heterocycles. The minimum atomic E-state index is 0.222. The molecule has 0 spiro atoms. The predicted molar refractivity (Wildman–Crippen MR) is 129 cm³/mol. The van der Waals surface area contributed by atoms with Gasteiger partial charge in [-0.1, -0.05) is 85.9 Å². The lowest BCUT2D eigenvalue weighted by molar-refractivity contribution is 0.437. The molecule has 0 saturated carbocycles. The summed E-state index contributed by atoms with van der Waals surface area (Å²) >= 11 is 0. The van der Waals surface area contributed by atoms with Crippen LogP contribution >= 0.6 is 0 Å². The van der Waals surface area contributed by atoms with Gasteiger partial charge < -0.3 is 0 Å². The average Bonchev–Trinajstić information content (AvgIpc) is 2.76. The van der Waals surface area contributed by atoms with Crippen LogP contribution in [-0.2, 0) is 17.3 Å². The number of rotatable bonds is 11. The maximum Gasteiger partial charge on any atom is 0.0702 e. The summed E-state index contributed by atoms with van der Waals surface area (Å²) in [6.07, 6.45) is 12.0. The molecule has 1 heteroatoms. The minimum absolute atomic E-state index is 0.222. The molecule has 0 aliphatic heterocycles. The molecule has 1 aromatic heterocycles. The van der Waals surface area contributed by atoms with Gasteiger partial charge in [0.1, 0.15) is 0 Å². The van der Waals surface area contributed by atoms with Gasteiger partial charge in [0.05, 0.1) is 5.69 Å². The summed E-state index contributed by atoms with van der Waals surface area (Å²) in [6, 6.07) is 11.6. The van der Waals surface area contributed by atoms with Crippen LogP contribution in [0.4, 0.5) is 0 Å². The summed E-state index contributed by atoms with van der Waals surface area (Å²) in [5.41, 5.74) is 7.19. The van der Waals surface area contributed by atoms with Crippen LogP contribution in [0.25, 0.3) is 11.3 Å². The van der Waals surface area contributed by atoms with Crippen molar-refractivity contribution in [3.63, 3.8) is 0 Å². The van der Waals surface area contributed by atoms with E-state index in [4.69, 9.17) is 4.98 Å². The zero-order chi connectivity index (χ0) is 21.5. The van der Waals surface area contributed by atoms with Gasteiger partial charge >= 0.3 is 0 Å². The number of pyridine rings is 1. The third-order valence-electron chi connectivity index (χ3n) is 7.33. The number of unbranched alkanes of at least 4 members (excludes halogenated alkanes) is 3. The molecule has 2 rings (SSSR count). The summed E-state index contributed by atoms with van der Waals surface area (Å²) in [6.45, 7) is 16.2. The topological polar surface area (TPSA) is 12.9 Å². The van der Waals surface area contributed by atoms with E-state index < -0.39 is 0 Å². The molecule has 2 aromatic rings. The third kappa shape index (κ3) is 5.71. The maximum absolute atomic E-state index is 4.87. The number of hydrogen-bond donors (Lipinski definition) is 0. The fraction of sp³-hybridized carbons (Fsp3) is 0.607. The summed E-state index contributed by atoms with van der Waals surface area (Å²) in [7, 11) is 0. The molecule has 29 heavy (non-hydrogen) atoms. The monoisotopic (exact) mass is 393 g/mol. The van der Waals surface area contributed by atoms with Crippen LogP contribution < -0.4 is 0 Å². The number of aromatic nitrogens is 1. The molecular formula is C28H43N. The van der Waals surface area contributed by atoms with E-state index in [9.17, 15) is 0 Å². The van der Waals surface area contributed by atoms with Gasteiger partial charge in [-0.2, -0.15) is 0 Å². The Hall–Kier alpha value is -1.63. The van der Waals surface area contributed by atoms with Crippen molar-refractivity contribution in [2.75, 3.05) is 0 Å². The lowest BCUT2D eigenvalue weighted by atomic mass is 9.77. The van der Waals surface area contributed by atoms with E-state index >= 15 is 0 Å². The first kappa shape index (κ1) is 23.6. The van der Waals surface area contributed by atoms with Gasteiger partial charge in [0.15, 0.2) is 0 Å². The highest BCUT2D eigenvalue weighted by molar-refractivity contribution is 5.62. The molecule has 160 valence electrons. The van der Waals surface area contributed by atoms with E-state index in [1.807, 2.05) is 0 Å². The molecule has 0 fully saturated rings. The van der Waals surface area contributed by atoms with E-state index in [1.54, 1.807) is 0 Å². The first-order chi connectivity index (χ1) is 13.8. The first-order valence-corrected chi connectivity index (χ1v) is 11.9. The van der Waals surface area contributed by atoms with Crippen molar-refractivity contribution in [2.24, 2.45) is 0 Å². The Morgan fingerprint density at radius 3 is 2.07 bits per heavy atom. The molecule has 0 N–H and O–H groups in total. The lowest BCUT2D eigenvalue weighted by Crippen LogP contribution is -2.19. The van der Waals surface area contributed by atoms with Gasteiger partial charge in [0.2, 0.25) is 0 Å². The van der Waals surface area contributed by atoms with Crippen molar-refractivity contribution in [3.05, 3.63) is 53.2 Å². The number of benzene rings is 1. The van der Waals surface area contributed by atoms with Crippen molar-refractivity contribution in [1.82, 2.24) is 4.98 Å². The molecule has 0 amide bonds. The molecular weight excluding hydrogens is 350 g/mol. The van der Waals surface area contributed by atoms with Crippen LogP contribution in [0.3, 0.4) is 0 Å². The molecule has 0 atom stereocenters. The third-order valence-corrected chi connectivity index (χ3v) is 7.33. The van der Waals surface area contributed by atoms with Crippen molar-refractivity contribution < 1.29 is 0 Å². The van der Waals surface area contributed by atoms with E-state index in [0.717, 1.165) is 25.0 Å². The van der Waals surface area contributed by atoms with Gasteiger partial charge in [0, 0.05) is 11.8 Å². The number of hydrogen-bond acceptors (Lipinski definition) is 1. The van der Waals surface area contributed by atoms with Crippen molar-refractivity contribution in [1.29, 1.82) is 0 Å². The van der Waals surface area contributed by atoms with Gasteiger partial charge in [-0.15, -0.1) is 0 Å². The summed E-state index contributed by atoms with van der Waals surface area (Å²) in [5.74, 6) is 0. The molecule has 0 radical (unpaired) electrons. The Morgan fingerprint density at radius 2 is 1.52 bits per heavy atom. The smallest absolute Gasteiger partial charge is 0.0702 e. The minimum Gasteiger partial charge on any atom is -0.256 e. The standard InChI is InChI=1S/C28H43N/c1-8-12-13-14-15-22-20-23(16-18-25(22)27(5,6)9-2)26-19-17-24(21-29-26)28(7,10-3)11-4/h16-21H,8-15H2,1-7H3.